The van der Waals surface area contributed by atoms with Gasteiger partial charge in [0.05, 0.1) is 6.61 Å². The number of H-pyrrole nitrogens is 1. The molecule has 0 unspecified atom stereocenters. The number of nitrogen functional groups attached to an aromatic ring is 1. The minimum atomic E-state index is -0.675. The summed E-state index contributed by atoms with van der Waals surface area (Å²) in [6.45, 7) is 0.529. The highest BCUT2D eigenvalue weighted by atomic mass is 16.5. The molecule has 1 rings (SSSR count). The van der Waals surface area contributed by atoms with Crippen LogP contribution in [-0.2, 0) is 16.1 Å². The molecule has 8 nitrogen and oxygen atoms in total. The summed E-state index contributed by atoms with van der Waals surface area (Å²) in [7, 11) is 1.51. The van der Waals surface area contributed by atoms with Gasteiger partial charge in [-0.25, -0.2) is 4.79 Å². The van der Waals surface area contributed by atoms with Crippen molar-refractivity contribution in [2.75, 3.05) is 26.0 Å². The number of ether oxygens (including phenoxy) is 1. The van der Waals surface area contributed by atoms with Gasteiger partial charge in [0, 0.05) is 19.9 Å². The molecule has 17 heavy (non-hydrogen) atoms. The number of anilines is 1. The molecule has 4 N–H and O–H groups in total. The number of aromatic nitrogens is 2. The quantitative estimate of drug-likeness (QED) is 0.510. The molecule has 94 valence electrons. The van der Waals surface area contributed by atoms with Gasteiger partial charge in [-0.1, -0.05) is 0 Å². The average molecular weight is 242 g/mol. The van der Waals surface area contributed by atoms with Crippen molar-refractivity contribution in [1.82, 2.24) is 14.9 Å². The summed E-state index contributed by atoms with van der Waals surface area (Å²) in [4.78, 5) is 35.7. The van der Waals surface area contributed by atoms with Gasteiger partial charge in [0.2, 0.25) is 5.91 Å². The second-order valence-electron chi connectivity index (χ2n) is 3.31. The molecule has 0 saturated carbocycles. The molecular weight excluding hydrogens is 228 g/mol. The number of nitrogens with zero attached hydrogens (tertiary/aromatic N) is 1. The lowest BCUT2D eigenvalue weighted by Crippen LogP contribution is -2.37. The standard InChI is InChI=1S/C9H14N4O4/c1-17-3-2-11-7(14)5-13-4-6(10)8(15)12-9(13)16/h4H,2-3,5,10H2,1H3,(H,11,14)(H,12,15,16). The summed E-state index contributed by atoms with van der Waals surface area (Å²) >= 11 is 0. The highest BCUT2D eigenvalue weighted by molar-refractivity contribution is 5.75. The van der Waals surface area contributed by atoms with E-state index in [4.69, 9.17) is 10.5 Å². The molecule has 0 aliphatic rings. The first-order chi connectivity index (χ1) is 8.04. The van der Waals surface area contributed by atoms with Crippen molar-refractivity contribution >= 4 is 11.6 Å². The van der Waals surface area contributed by atoms with Crippen molar-refractivity contribution in [1.29, 1.82) is 0 Å². The lowest BCUT2D eigenvalue weighted by atomic mass is 10.5. The van der Waals surface area contributed by atoms with E-state index in [2.05, 4.69) is 5.32 Å². The Hall–Kier alpha value is -2.09. The summed E-state index contributed by atoms with van der Waals surface area (Å²) in [5.41, 5.74) is 3.88. The normalized spacial score (nSPS) is 10.2. The molecule has 8 heteroatoms. The first kappa shape index (κ1) is 13.0. The lowest BCUT2D eigenvalue weighted by molar-refractivity contribution is -0.121. The molecular formula is C9H14N4O4. The van der Waals surface area contributed by atoms with Crippen molar-refractivity contribution in [3.05, 3.63) is 27.0 Å². The van der Waals surface area contributed by atoms with E-state index >= 15 is 0 Å². The van der Waals surface area contributed by atoms with Gasteiger partial charge in [0.1, 0.15) is 12.2 Å². The zero-order chi connectivity index (χ0) is 12.8. The third-order valence-electron chi connectivity index (χ3n) is 1.98. The molecule has 1 aromatic rings. The van der Waals surface area contributed by atoms with Crippen LogP contribution in [0.4, 0.5) is 5.69 Å². The van der Waals surface area contributed by atoms with Crippen LogP contribution in [0.15, 0.2) is 15.8 Å². The summed E-state index contributed by atoms with van der Waals surface area (Å²) in [6.07, 6.45) is 1.14. The van der Waals surface area contributed by atoms with Crippen LogP contribution in [0.25, 0.3) is 0 Å². The van der Waals surface area contributed by atoms with Crippen LogP contribution in [0.2, 0.25) is 0 Å². The predicted molar refractivity (Wildman–Crippen MR) is 60.6 cm³/mol. The van der Waals surface area contributed by atoms with Crippen molar-refractivity contribution in [2.45, 2.75) is 6.54 Å². The van der Waals surface area contributed by atoms with Crippen LogP contribution in [0.3, 0.4) is 0 Å². The first-order valence-electron chi connectivity index (χ1n) is 4.89. The highest BCUT2D eigenvalue weighted by Crippen LogP contribution is 1.86. The SMILES string of the molecule is COCCNC(=O)Cn1cc(N)c(=O)[nH]c1=O. The van der Waals surface area contributed by atoms with Crippen LogP contribution in [0.5, 0.6) is 0 Å². The minimum absolute atomic E-state index is 0.116. The van der Waals surface area contributed by atoms with Gasteiger partial charge in [-0.2, -0.15) is 0 Å². The van der Waals surface area contributed by atoms with Gasteiger partial charge in [-0.15, -0.1) is 0 Å². The van der Waals surface area contributed by atoms with Crippen molar-refractivity contribution in [3.63, 3.8) is 0 Å². The maximum atomic E-state index is 11.4. The molecule has 0 saturated heterocycles. The number of hydrogen-bond acceptors (Lipinski definition) is 5. The Morgan fingerprint density at radius 3 is 2.94 bits per heavy atom. The molecule has 0 radical (unpaired) electrons. The van der Waals surface area contributed by atoms with Gasteiger partial charge in [-0.3, -0.25) is 19.1 Å². The fourth-order valence-corrected chi connectivity index (χ4v) is 1.15. The van der Waals surface area contributed by atoms with Gasteiger partial charge in [0.15, 0.2) is 0 Å². The molecule has 1 aromatic heterocycles. The number of hydrogen-bond donors (Lipinski definition) is 3. The van der Waals surface area contributed by atoms with Crippen molar-refractivity contribution < 1.29 is 9.53 Å². The summed E-state index contributed by atoms with van der Waals surface area (Å²) < 4.78 is 5.78. The van der Waals surface area contributed by atoms with E-state index in [0.717, 1.165) is 10.8 Å². The third kappa shape index (κ3) is 3.76. The molecule has 1 heterocycles. The fraction of sp³-hybridized carbons (Fsp3) is 0.444. The number of rotatable bonds is 5. The number of nitrogens with two attached hydrogens (primary N) is 1. The van der Waals surface area contributed by atoms with Gasteiger partial charge >= 0.3 is 5.69 Å². The summed E-state index contributed by atoms with van der Waals surface area (Å²) in [6, 6.07) is 0. The average Bonchev–Trinajstić information content (AvgIpc) is 2.26. The third-order valence-corrected chi connectivity index (χ3v) is 1.98. The largest absolute Gasteiger partial charge is 0.393 e. The number of methoxy groups -OCH3 is 1. The zero-order valence-electron chi connectivity index (χ0n) is 9.36. The van der Waals surface area contributed by atoms with E-state index in [1.54, 1.807) is 0 Å². The van der Waals surface area contributed by atoms with Crippen molar-refractivity contribution in [2.24, 2.45) is 0 Å². The Kier molecular flexibility index (Phi) is 4.46. The maximum Gasteiger partial charge on any atom is 0.328 e. The van der Waals surface area contributed by atoms with E-state index in [9.17, 15) is 14.4 Å². The smallest absolute Gasteiger partial charge is 0.328 e. The van der Waals surface area contributed by atoms with Gasteiger partial charge in [0.25, 0.3) is 5.56 Å². The predicted octanol–water partition coefficient (Wildman–Crippen LogP) is -2.12. The second kappa shape index (κ2) is 5.85. The van der Waals surface area contributed by atoms with Crippen LogP contribution in [-0.4, -0.2) is 35.7 Å². The fourth-order valence-electron chi connectivity index (χ4n) is 1.15. The van der Waals surface area contributed by atoms with Crippen LogP contribution < -0.4 is 22.3 Å². The maximum absolute atomic E-state index is 11.4. The Labute approximate surface area is 96.4 Å². The van der Waals surface area contributed by atoms with E-state index in [1.807, 2.05) is 4.98 Å². The molecule has 1 amide bonds. The van der Waals surface area contributed by atoms with E-state index in [-0.39, 0.29) is 18.1 Å². The minimum Gasteiger partial charge on any atom is -0.393 e. The molecule has 0 bridgehead atoms. The molecule has 0 aliphatic carbocycles. The number of amides is 1. The highest BCUT2D eigenvalue weighted by Gasteiger charge is 2.06. The van der Waals surface area contributed by atoms with Gasteiger partial charge < -0.3 is 15.8 Å². The zero-order valence-corrected chi connectivity index (χ0v) is 9.36. The van der Waals surface area contributed by atoms with Crippen LogP contribution in [0.1, 0.15) is 0 Å². The summed E-state index contributed by atoms with van der Waals surface area (Å²) in [5.74, 6) is -0.365. The first-order valence-corrected chi connectivity index (χ1v) is 4.89. The van der Waals surface area contributed by atoms with Crippen molar-refractivity contribution in [3.8, 4) is 0 Å². The second-order valence-corrected chi connectivity index (χ2v) is 3.31. The molecule has 0 fully saturated rings. The number of nitrogens with one attached hydrogen (secondary N) is 2. The van der Waals surface area contributed by atoms with E-state index in [0.29, 0.717) is 13.2 Å². The molecule has 0 atom stereocenters. The lowest BCUT2D eigenvalue weighted by Gasteiger charge is -2.06. The Morgan fingerprint density at radius 2 is 2.29 bits per heavy atom. The van der Waals surface area contributed by atoms with Gasteiger partial charge in [-0.05, 0) is 0 Å². The Balaban J connectivity index is 2.69. The topological polar surface area (TPSA) is 119 Å². The van der Waals surface area contributed by atoms with E-state index in [1.165, 1.54) is 7.11 Å². The number of carbonyl (C=O) groups excluding carboxylic acids is 1. The molecule has 0 aliphatic heterocycles. The monoisotopic (exact) mass is 242 g/mol. The summed E-state index contributed by atoms with van der Waals surface area (Å²) in [5, 5.41) is 2.54. The molecule has 0 spiro atoms. The van der Waals surface area contributed by atoms with Crippen LogP contribution in [0, 0.1) is 0 Å². The Morgan fingerprint density at radius 1 is 1.59 bits per heavy atom. The number of aromatic amines is 1. The Bertz CT molecular complexity index is 504. The molecule has 0 aromatic carbocycles. The van der Waals surface area contributed by atoms with E-state index < -0.39 is 11.2 Å². The number of carbonyl (C=O) groups is 1. The van der Waals surface area contributed by atoms with Crippen LogP contribution >= 0.6 is 0 Å².